The molecule has 0 bridgehead atoms. The molecule has 0 amide bonds. The van der Waals surface area contributed by atoms with E-state index in [0.717, 1.165) is 12.0 Å². The Morgan fingerprint density at radius 3 is 2.70 bits per heavy atom. The van der Waals surface area contributed by atoms with Crippen LogP contribution in [-0.4, -0.2) is 19.3 Å². The van der Waals surface area contributed by atoms with Crippen molar-refractivity contribution in [3.05, 3.63) is 81.9 Å². The second-order valence-corrected chi connectivity index (χ2v) is 7.12. The van der Waals surface area contributed by atoms with Crippen LogP contribution < -0.4 is 5.56 Å². The lowest BCUT2D eigenvalue weighted by molar-refractivity contribution is 0.681. The van der Waals surface area contributed by atoms with Gasteiger partial charge < -0.3 is 0 Å². The molecule has 0 aliphatic heterocycles. The normalized spacial score (nSPS) is 12.4. The third-order valence-corrected chi connectivity index (χ3v) is 4.91. The molecule has 0 spiro atoms. The minimum Gasteiger partial charge on any atom is -0.269 e. The Labute approximate surface area is 137 Å². The molecular weight excluding hydrogens is 308 g/mol. The van der Waals surface area contributed by atoms with Crippen LogP contribution >= 0.6 is 0 Å². The molecule has 118 valence electrons. The van der Waals surface area contributed by atoms with Crippen LogP contribution in [0.3, 0.4) is 0 Å². The number of hydrogen-bond acceptors (Lipinski definition) is 3. The smallest absolute Gasteiger partial charge is 0.258 e. The van der Waals surface area contributed by atoms with E-state index in [4.69, 9.17) is 0 Å². The summed E-state index contributed by atoms with van der Waals surface area (Å²) in [6, 6.07) is 15.2. The maximum absolute atomic E-state index is 12.2. The molecule has 1 unspecified atom stereocenters. The Balaban J connectivity index is 1.72. The third-order valence-electron chi connectivity index (χ3n) is 3.63. The fraction of sp³-hybridized carbons (Fsp3) is 0.222. The summed E-state index contributed by atoms with van der Waals surface area (Å²) in [5, 5.41) is 0. The second-order valence-electron chi connectivity index (χ2n) is 5.54. The van der Waals surface area contributed by atoms with Crippen LogP contribution in [0.4, 0.5) is 0 Å². The molecule has 0 aliphatic carbocycles. The first-order valence-electron chi connectivity index (χ1n) is 7.50. The van der Waals surface area contributed by atoms with Gasteiger partial charge in [0, 0.05) is 28.8 Å². The van der Waals surface area contributed by atoms with Crippen molar-refractivity contribution in [2.24, 2.45) is 0 Å². The molecule has 0 aliphatic rings. The van der Waals surface area contributed by atoms with E-state index in [1.165, 1.54) is 16.0 Å². The van der Waals surface area contributed by atoms with Crippen molar-refractivity contribution < 1.29 is 4.21 Å². The highest BCUT2D eigenvalue weighted by Gasteiger charge is 2.07. The molecule has 1 aromatic carbocycles. The Morgan fingerprint density at radius 2 is 1.91 bits per heavy atom. The van der Waals surface area contributed by atoms with Gasteiger partial charge in [-0.3, -0.25) is 13.4 Å². The predicted octanol–water partition coefficient (Wildman–Crippen LogP) is 2.49. The van der Waals surface area contributed by atoms with Gasteiger partial charge in [-0.05, 0) is 30.5 Å². The largest absolute Gasteiger partial charge is 0.269 e. The first kappa shape index (κ1) is 15.6. The maximum Gasteiger partial charge on any atom is 0.258 e. The maximum atomic E-state index is 12.2. The SMILES string of the molecule is Cc1ccc2nc(CS(=O)CCc3ccccc3)cc(=O)n2c1. The number of benzene rings is 1. The molecule has 1 atom stereocenters. The van der Waals surface area contributed by atoms with E-state index in [2.05, 4.69) is 4.98 Å². The molecule has 5 heteroatoms. The topological polar surface area (TPSA) is 51.4 Å². The third kappa shape index (κ3) is 3.93. The highest BCUT2D eigenvalue weighted by molar-refractivity contribution is 7.84. The molecule has 3 aromatic rings. The lowest BCUT2D eigenvalue weighted by Crippen LogP contribution is -2.17. The van der Waals surface area contributed by atoms with Gasteiger partial charge in [0.15, 0.2) is 0 Å². The monoisotopic (exact) mass is 326 g/mol. The van der Waals surface area contributed by atoms with Gasteiger partial charge in [0.2, 0.25) is 0 Å². The number of hydrogen-bond donors (Lipinski definition) is 0. The Bertz CT molecular complexity index is 904. The van der Waals surface area contributed by atoms with E-state index in [9.17, 15) is 9.00 Å². The van der Waals surface area contributed by atoms with Gasteiger partial charge in [0.05, 0.1) is 11.4 Å². The Kier molecular flexibility index (Phi) is 4.67. The molecule has 0 radical (unpaired) electrons. The van der Waals surface area contributed by atoms with Crippen LogP contribution in [0, 0.1) is 6.92 Å². The number of aromatic nitrogens is 2. The lowest BCUT2D eigenvalue weighted by atomic mass is 10.2. The quantitative estimate of drug-likeness (QED) is 0.724. The summed E-state index contributed by atoms with van der Waals surface area (Å²) in [5.41, 5.74) is 3.22. The van der Waals surface area contributed by atoms with Gasteiger partial charge in [0.25, 0.3) is 5.56 Å². The van der Waals surface area contributed by atoms with Crippen molar-refractivity contribution in [2.75, 3.05) is 5.75 Å². The molecule has 0 N–H and O–H groups in total. The van der Waals surface area contributed by atoms with Crippen molar-refractivity contribution >= 4 is 16.4 Å². The Hall–Kier alpha value is -2.27. The van der Waals surface area contributed by atoms with Gasteiger partial charge in [-0.1, -0.05) is 36.4 Å². The van der Waals surface area contributed by atoms with Crippen LogP contribution in [0.1, 0.15) is 16.8 Å². The molecule has 0 saturated carbocycles. The molecule has 2 heterocycles. The van der Waals surface area contributed by atoms with E-state index in [0.29, 0.717) is 22.8 Å². The zero-order valence-electron chi connectivity index (χ0n) is 12.9. The van der Waals surface area contributed by atoms with Crippen molar-refractivity contribution in [1.29, 1.82) is 0 Å². The fourth-order valence-corrected chi connectivity index (χ4v) is 3.53. The summed E-state index contributed by atoms with van der Waals surface area (Å²) >= 11 is 0. The molecule has 4 nitrogen and oxygen atoms in total. The number of aryl methyl sites for hydroxylation is 2. The minimum atomic E-state index is -1.04. The standard InChI is InChI=1S/C18H18N2O2S/c1-14-7-8-17-19-16(11-18(21)20(17)12-14)13-23(22)10-9-15-5-3-2-4-6-15/h2-8,11-12H,9-10,13H2,1H3. The summed E-state index contributed by atoms with van der Waals surface area (Å²) in [7, 11) is -1.04. The van der Waals surface area contributed by atoms with Crippen LogP contribution in [0.5, 0.6) is 0 Å². The minimum absolute atomic E-state index is 0.131. The van der Waals surface area contributed by atoms with Crippen LogP contribution in [0.15, 0.2) is 59.5 Å². The van der Waals surface area contributed by atoms with Crippen molar-refractivity contribution in [2.45, 2.75) is 19.1 Å². The fourth-order valence-electron chi connectivity index (χ4n) is 2.45. The van der Waals surface area contributed by atoms with E-state index in [1.807, 2.05) is 49.4 Å². The number of fused-ring (bicyclic) bond motifs is 1. The summed E-state index contributed by atoms with van der Waals surface area (Å²) in [6.07, 6.45) is 2.53. The van der Waals surface area contributed by atoms with Crippen molar-refractivity contribution in [1.82, 2.24) is 9.38 Å². The van der Waals surface area contributed by atoms with Gasteiger partial charge in [-0.25, -0.2) is 4.98 Å². The first-order valence-corrected chi connectivity index (χ1v) is 8.98. The molecule has 23 heavy (non-hydrogen) atoms. The highest BCUT2D eigenvalue weighted by Crippen LogP contribution is 2.06. The van der Waals surface area contributed by atoms with Crippen molar-refractivity contribution in [3.63, 3.8) is 0 Å². The molecule has 3 rings (SSSR count). The van der Waals surface area contributed by atoms with E-state index >= 15 is 0 Å². The van der Waals surface area contributed by atoms with Gasteiger partial charge in [-0.2, -0.15) is 0 Å². The van der Waals surface area contributed by atoms with Crippen LogP contribution in [0.2, 0.25) is 0 Å². The van der Waals surface area contributed by atoms with Gasteiger partial charge in [-0.15, -0.1) is 0 Å². The average Bonchev–Trinajstić information content (AvgIpc) is 2.55. The summed E-state index contributed by atoms with van der Waals surface area (Å²) in [5.74, 6) is 0.880. The zero-order chi connectivity index (χ0) is 16.2. The predicted molar refractivity (Wildman–Crippen MR) is 93.1 cm³/mol. The van der Waals surface area contributed by atoms with Crippen LogP contribution in [0.25, 0.3) is 5.65 Å². The van der Waals surface area contributed by atoms with E-state index in [-0.39, 0.29) is 5.56 Å². The van der Waals surface area contributed by atoms with E-state index in [1.54, 1.807) is 6.20 Å². The molecule has 0 fully saturated rings. The second kappa shape index (κ2) is 6.87. The molecule has 0 saturated heterocycles. The number of pyridine rings is 1. The first-order chi connectivity index (χ1) is 11.1. The highest BCUT2D eigenvalue weighted by atomic mass is 32.2. The Morgan fingerprint density at radius 1 is 1.13 bits per heavy atom. The molecular formula is C18H18N2O2S. The number of nitrogens with zero attached hydrogens (tertiary/aromatic N) is 2. The summed E-state index contributed by atoms with van der Waals surface area (Å²) in [6.45, 7) is 1.93. The summed E-state index contributed by atoms with van der Waals surface area (Å²) in [4.78, 5) is 16.6. The molecule has 2 aromatic heterocycles. The zero-order valence-corrected chi connectivity index (χ0v) is 13.8. The van der Waals surface area contributed by atoms with Gasteiger partial charge >= 0.3 is 0 Å². The van der Waals surface area contributed by atoms with E-state index < -0.39 is 10.8 Å². The van der Waals surface area contributed by atoms with Crippen molar-refractivity contribution in [3.8, 4) is 0 Å². The van der Waals surface area contributed by atoms with Gasteiger partial charge in [0.1, 0.15) is 5.65 Å². The lowest BCUT2D eigenvalue weighted by Gasteiger charge is -2.05. The van der Waals surface area contributed by atoms with Crippen LogP contribution in [-0.2, 0) is 23.0 Å². The number of rotatable bonds is 5. The summed E-state index contributed by atoms with van der Waals surface area (Å²) < 4.78 is 13.8. The average molecular weight is 326 g/mol.